The van der Waals surface area contributed by atoms with Crippen molar-refractivity contribution >= 4 is 29.2 Å². The number of nitrogens with zero attached hydrogens (tertiary/aromatic N) is 1. The van der Waals surface area contributed by atoms with Gasteiger partial charge in [0.15, 0.2) is 5.78 Å². The van der Waals surface area contributed by atoms with Crippen LogP contribution in [0, 0.1) is 35.5 Å². The Hall–Kier alpha value is -2.85. The van der Waals surface area contributed by atoms with Gasteiger partial charge in [0.25, 0.3) is 11.7 Å². The molecule has 1 amide bonds. The molecule has 0 unspecified atom stereocenters. The lowest BCUT2D eigenvalue weighted by atomic mass is 9.78. The van der Waals surface area contributed by atoms with Crippen LogP contribution in [0.2, 0.25) is 0 Å². The number of aliphatic hydroxyl groups excluding tert-OH is 3. The van der Waals surface area contributed by atoms with E-state index >= 15 is 0 Å². The van der Waals surface area contributed by atoms with Crippen LogP contribution >= 0.6 is 0 Å². The monoisotopic (exact) mass is 904 g/mol. The molecule has 0 aromatic heterocycles. The van der Waals surface area contributed by atoms with Crippen LogP contribution in [-0.2, 0) is 42.9 Å². The molecule has 14 heteroatoms. The number of hydrogen-bond acceptors (Lipinski definition) is 13. The predicted octanol–water partition coefficient (Wildman–Crippen LogP) is 5.97. The molecular formula is C50H81NO13. The molecule has 64 heavy (non-hydrogen) atoms. The van der Waals surface area contributed by atoms with Gasteiger partial charge in [-0.1, -0.05) is 59.6 Å². The molecule has 3 heterocycles. The van der Waals surface area contributed by atoms with Crippen molar-refractivity contribution < 1.29 is 63.3 Å². The maximum Gasteiger partial charge on any atom is 0.329 e. The molecule has 0 aromatic rings. The van der Waals surface area contributed by atoms with Gasteiger partial charge >= 0.3 is 5.97 Å². The van der Waals surface area contributed by atoms with E-state index in [1.165, 1.54) is 12.0 Å². The fourth-order valence-corrected chi connectivity index (χ4v) is 10.4. The standard InChI is InChI=1S/C50H81NO13/c1-29-15-11-10-12-16-30(2)40(53)27-37-20-18-35(7)50(60,64-37)47(57)48(58)51-22-14-13-17-38(51)49(59)63-42(32(4)25-36-19-21-39(52)43(26-36)61-8)28-41(54)31(3)24-34(6)45(56)46(62-9)44(55)33(5)23-29/h16,24,29,31-33,35-40,42-43,45-46,52-53,56,60H,10-15,17-23,25-28H2,1-9H3/b30-16-,34-24-/t29-,31-,32-,33-,35-,36-,37+,38+,39-,40+,42+,43-,45-,46+,50-/m1/s1. The first-order valence-electron chi connectivity index (χ1n) is 24.2. The van der Waals surface area contributed by atoms with Gasteiger partial charge in [-0.25, -0.2) is 4.79 Å². The first-order chi connectivity index (χ1) is 30.2. The number of hydrogen-bond donors (Lipinski definition) is 4. The van der Waals surface area contributed by atoms with Gasteiger partial charge in [-0.15, -0.1) is 0 Å². The molecule has 14 nitrogen and oxygen atoms in total. The summed E-state index contributed by atoms with van der Waals surface area (Å²) >= 11 is 0. The minimum atomic E-state index is -2.46. The van der Waals surface area contributed by atoms with E-state index < -0.39 is 77.9 Å². The minimum Gasteiger partial charge on any atom is -0.460 e. The molecule has 1 aliphatic carbocycles. The normalized spacial score (nSPS) is 40.4. The molecule has 4 N–H and O–H groups in total. The number of rotatable bonds is 5. The van der Waals surface area contributed by atoms with Crippen molar-refractivity contribution in [2.75, 3.05) is 20.8 Å². The topological polar surface area (TPSA) is 206 Å². The number of cyclic esters (lactones) is 1. The molecule has 0 aromatic carbocycles. The molecule has 1 saturated carbocycles. The van der Waals surface area contributed by atoms with Gasteiger partial charge in [0, 0.05) is 51.4 Å². The van der Waals surface area contributed by atoms with E-state index in [1.807, 2.05) is 26.8 Å². The van der Waals surface area contributed by atoms with Crippen LogP contribution in [0.1, 0.15) is 151 Å². The molecule has 4 aliphatic rings. The van der Waals surface area contributed by atoms with Crippen LogP contribution in [0.4, 0.5) is 0 Å². The largest absolute Gasteiger partial charge is 0.460 e. The maximum absolute atomic E-state index is 14.3. The summed E-state index contributed by atoms with van der Waals surface area (Å²) in [4.78, 5) is 71.5. The molecule has 2 saturated heterocycles. The van der Waals surface area contributed by atoms with Crippen molar-refractivity contribution in [1.82, 2.24) is 4.90 Å². The van der Waals surface area contributed by atoms with Crippen molar-refractivity contribution in [3.05, 3.63) is 23.3 Å². The number of carbonyl (C=O) groups is 5. The number of carbonyl (C=O) groups excluding carboxylic acids is 5. The molecule has 2 bridgehead atoms. The summed E-state index contributed by atoms with van der Waals surface area (Å²) in [7, 11) is 2.95. The van der Waals surface area contributed by atoms with Gasteiger partial charge < -0.3 is 44.3 Å². The molecular weight excluding hydrogens is 823 g/mol. The van der Waals surface area contributed by atoms with Gasteiger partial charge in [-0.3, -0.25) is 19.2 Å². The third-order valence-corrected chi connectivity index (χ3v) is 14.8. The Bertz CT molecular complexity index is 1650. The number of ketones is 3. The number of piperidine rings is 1. The summed E-state index contributed by atoms with van der Waals surface area (Å²) in [6, 6.07) is -1.15. The van der Waals surface area contributed by atoms with Crippen LogP contribution < -0.4 is 0 Å². The van der Waals surface area contributed by atoms with Crippen LogP contribution in [-0.4, -0.2) is 130 Å². The Balaban J connectivity index is 1.66. The van der Waals surface area contributed by atoms with E-state index in [4.69, 9.17) is 18.9 Å². The molecule has 3 fully saturated rings. The fourth-order valence-electron chi connectivity index (χ4n) is 10.4. The number of Topliss-reactive ketones (excluding diaryl/α,β-unsaturated/α-hetero) is 3. The number of aliphatic hydroxyl groups is 4. The first-order valence-corrected chi connectivity index (χ1v) is 24.2. The summed E-state index contributed by atoms with van der Waals surface area (Å²) in [5.74, 6) is -7.75. The molecule has 0 spiro atoms. The minimum absolute atomic E-state index is 0.0784. The quantitative estimate of drug-likeness (QED) is 0.143. The van der Waals surface area contributed by atoms with Crippen LogP contribution in [0.25, 0.3) is 0 Å². The van der Waals surface area contributed by atoms with Crippen molar-refractivity contribution in [1.29, 1.82) is 0 Å². The molecule has 3 aliphatic heterocycles. The zero-order chi connectivity index (χ0) is 47.5. The Morgan fingerprint density at radius 2 is 1.55 bits per heavy atom. The second-order valence-corrected chi connectivity index (χ2v) is 20.1. The van der Waals surface area contributed by atoms with E-state index in [9.17, 15) is 44.4 Å². The van der Waals surface area contributed by atoms with Crippen molar-refractivity contribution in [3.63, 3.8) is 0 Å². The number of esters is 1. The van der Waals surface area contributed by atoms with Crippen LogP contribution in [0.5, 0.6) is 0 Å². The number of methoxy groups -OCH3 is 2. The fraction of sp³-hybridized carbons (Fsp3) is 0.820. The van der Waals surface area contributed by atoms with E-state index in [1.54, 1.807) is 34.0 Å². The highest BCUT2D eigenvalue weighted by Gasteiger charge is 2.53. The van der Waals surface area contributed by atoms with E-state index in [0.29, 0.717) is 56.9 Å². The number of amides is 1. The Kier molecular flexibility index (Phi) is 20.8. The van der Waals surface area contributed by atoms with Crippen LogP contribution in [0.15, 0.2) is 23.3 Å². The van der Waals surface area contributed by atoms with Gasteiger partial charge in [-0.2, -0.15) is 0 Å². The highest BCUT2D eigenvalue weighted by atomic mass is 16.6. The van der Waals surface area contributed by atoms with Crippen molar-refractivity contribution in [2.45, 2.75) is 206 Å². The summed E-state index contributed by atoms with van der Waals surface area (Å²) in [6.07, 6.45) is 6.28. The van der Waals surface area contributed by atoms with E-state index in [-0.39, 0.29) is 67.1 Å². The second kappa shape index (κ2) is 24.8. The predicted molar refractivity (Wildman–Crippen MR) is 241 cm³/mol. The first kappa shape index (κ1) is 53.8. The zero-order valence-corrected chi connectivity index (χ0v) is 40.2. The highest BCUT2D eigenvalue weighted by molar-refractivity contribution is 6.39. The lowest BCUT2D eigenvalue weighted by Gasteiger charge is -2.42. The second-order valence-electron chi connectivity index (χ2n) is 20.1. The molecule has 4 rings (SSSR count). The van der Waals surface area contributed by atoms with Crippen LogP contribution in [0.3, 0.4) is 0 Å². The summed E-state index contributed by atoms with van der Waals surface area (Å²) in [6.45, 7) is 12.8. The number of allylic oxidation sites excluding steroid dienone is 2. The lowest BCUT2D eigenvalue weighted by molar-refractivity contribution is -0.265. The molecule has 0 radical (unpaired) electrons. The SMILES string of the molecule is CO[C@@H]1C[C@@H](C[C@@H](C)[C@@H]2CC(=O)[C@H](C)/C=C(/C)[C@@H](O)[C@@H](OC)C(=O)[C@H](C)C[C@H](C)CCCC/C=C(/C)[C@@H](O)C[C@@H]3CC[C@@H](C)[C@@](O)(O3)C(=O)C(=O)N3CCCC[C@H]3C(=O)O2)CC[C@H]1O. The average molecular weight is 904 g/mol. The smallest absolute Gasteiger partial charge is 0.329 e. The summed E-state index contributed by atoms with van der Waals surface area (Å²) in [5, 5.41) is 44.9. The van der Waals surface area contributed by atoms with Gasteiger partial charge in [0.2, 0.25) is 5.79 Å². The maximum atomic E-state index is 14.3. The third kappa shape index (κ3) is 14.1. The summed E-state index contributed by atoms with van der Waals surface area (Å²) in [5.41, 5.74) is 1.14. The zero-order valence-electron chi connectivity index (χ0n) is 40.2. The van der Waals surface area contributed by atoms with Crippen molar-refractivity contribution in [3.8, 4) is 0 Å². The third-order valence-electron chi connectivity index (χ3n) is 14.8. The average Bonchev–Trinajstić information content (AvgIpc) is 3.26. The molecule has 15 atom stereocenters. The Morgan fingerprint density at radius 3 is 2.23 bits per heavy atom. The van der Waals surface area contributed by atoms with E-state index in [0.717, 1.165) is 37.7 Å². The van der Waals surface area contributed by atoms with Crippen molar-refractivity contribution in [2.24, 2.45) is 35.5 Å². The lowest BCUT2D eigenvalue weighted by Crippen LogP contribution is -2.61. The Morgan fingerprint density at radius 1 is 0.844 bits per heavy atom. The highest BCUT2D eigenvalue weighted by Crippen LogP contribution is 2.37. The number of fused-ring (bicyclic) bond motifs is 3. The van der Waals surface area contributed by atoms with Gasteiger partial charge in [0.1, 0.15) is 30.1 Å². The van der Waals surface area contributed by atoms with Gasteiger partial charge in [-0.05, 0) is 120 Å². The van der Waals surface area contributed by atoms with Gasteiger partial charge in [0.05, 0.1) is 24.4 Å². The Labute approximate surface area is 381 Å². The molecule has 364 valence electrons. The van der Waals surface area contributed by atoms with E-state index in [2.05, 4.69) is 6.92 Å². The summed E-state index contributed by atoms with van der Waals surface area (Å²) < 4.78 is 23.4. The number of ether oxygens (including phenoxy) is 4.